The van der Waals surface area contributed by atoms with Gasteiger partial charge in [0, 0.05) is 16.9 Å². The molecule has 0 bridgehead atoms. The molecule has 0 heterocycles. The molecule has 0 aromatic heterocycles. The molecule has 3 heteroatoms. The van der Waals surface area contributed by atoms with Gasteiger partial charge in [0.1, 0.15) is 11.5 Å². The van der Waals surface area contributed by atoms with Gasteiger partial charge >= 0.3 is 0 Å². The van der Waals surface area contributed by atoms with E-state index in [1.165, 1.54) is 5.56 Å². The van der Waals surface area contributed by atoms with Crippen LogP contribution in [-0.2, 0) is 6.42 Å². The predicted molar refractivity (Wildman–Crippen MR) is 101 cm³/mol. The average Bonchev–Trinajstić information content (AvgIpc) is 2.59. The van der Waals surface area contributed by atoms with Crippen molar-refractivity contribution in [3.63, 3.8) is 0 Å². The largest absolute Gasteiger partial charge is 0.457 e. The summed E-state index contributed by atoms with van der Waals surface area (Å²) in [5.74, 6) is 1.66. The Morgan fingerprint density at radius 2 is 1.62 bits per heavy atom. The van der Waals surface area contributed by atoms with E-state index in [0.717, 1.165) is 46.8 Å². The fourth-order valence-electron chi connectivity index (χ4n) is 2.73. The standard InChI is InChI=1S/C21H22N2O/c1-2-5-16-14-15(19-6-3-4-7-20(19)23)8-13-21(16)24-18-11-9-17(22)10-12-18/h3-4,6-14H,2,5,22-23H2,1H3. The maximum Gasteiger partial charge on any atom is 0.130 e. The summed E-state index contributed by atoms with van der Waals surface area (Å²) in [5, 5.41) is 0. The first-order valence-corrected chi connectivity index (χ1v) is 8.18. The van der Waals surface area contributed by atoms with E-state index in [4.69, 9.17) is 16.2 Å². The molecule has 0 spiro atoms. The highest BCUT2D eigenvalue weighted by Crippen LogP contribution is 2.33. The van der Waals surface area contributed by atoms with Crippen LogP contribution in [0.2, 0.25) is 0 Å². The first kappa shape index (κ1) is 15.9. The van der Waals surface area contributed by atoms with E-state index in [1.54, 1.807) is 0 Å². The zero-order chi connectivity index (χ0) is 16.9. The van der Waals surface area contributed by atoms with Gasteiger partial charge < -0.3 is 16.2 Å². The van der Waals surface area contributed by atoms with E-state index in [2.05, 4.69) is 19.1 Å². The Labute approximate surface area is 142 Å². The van der Waals surface area contributed by atoms with E-state index in [9.17, 15) is 0 Å². The van der Waals surface area contributed by atoms with E-state index >= 15 is 0 Å². The van der Waals surface area contributed by atoms with E-state index in [0.29, 0.717) is 0 Å². The molecule has 0 amide bonds. The fraction of sp³-hybridized carbons (Fsp3) is 0.143. The van der Waals surface area contributed by atoms with E-state index in [-0.39, 0.29) is 0 Å². The van der Waals surface area contributed by atoms with Crippen LogP contribution in [0.25, 0.3) is 11.1 Å². The van der Waals surface area contributed by atoms with Gasteiger partial charge in [0.05, 0.1) is 0 Å². The van der Waals surface area contributed by atoms with Crippen LogP contribution in [0, 0.1) is 0 Å². The Hall–Kier alpha value is -2.94. The molecule has 0 radical (unpaired) electrons. The molecular formula is C21H22N2O. The summed E-state index contributed by atoms with van der Waals surface area (Å²) in [7, 11) is 0. The zero-order valence-corrected chi connectivity index (χ0v) is 13.8. The van der Waals surface area contributed by atoms with Gasteiger partial charge in [0.2, 0.25) is 0 Å². The second-order valence-corrected chi connectivity index (χ2v) is 5.83. The third-order valence-corrected chi connectivity index (χ3v) is 3.96. The van der Waals surface area contributed by atoms with Gasteiger partial charge in [0.15, 0.2) is 0 Å². The summed E-state index contributed by atoms with van der Waals surface area (Å²) in [4.78, 5) is 0. The van der Waals surface area contributed by atoms with Gasteiger partial charge in [-0.1, -0.05) is 37.6 Å². The lowest BCUT2D eigenvalue weighted by Gasteiger charge is -2.14. The topological polar surface area (TPSA) is 61.3 Å². The van der Waals surface area contributed by atoms with Crippen molar-refractivity contribution in [3.05, 3.63) is 72.3 Å². The van der Waals surface area contributed by atoms with Crippen molar-refractivity contribution in [2.75, 3.05) is 11.5 Å². The number of nitrogen functional groups attached to an aromatic ring is 2. The summed E-state index contributed by atoms with van der Waals surface area (Å²) < 4.78 is 6.05. The quantitative estimate of drug-likeness (QED) is 0.630. The number of rotatable bonds is 5. The van der Waals surface area contributed by atoms with Crippen molar-refractivity contribution in [2.45, 2.75) is 19.8 Å². The van der Waals surface area contributed by atoms with Crippen LogP contribution in [-0.4, -0.2) is 0 Å². The van der Waals surface area contributed by atoms with Gasteiger partial charge in [-0.2, -0.15) is 0 Å². The van der Waals surface area contributed by atoms with Crippen molar-refractivity contribution >= 4 is 11.4 Å². The summed E-state index contributed by atoms with van der Waals surface area (Å²) >= 11 is 0. The maximum absolute atomic E-state index is 6.11. The summed E-state index contributed by atoms with van der Waals surface area (Å²) in [6, 6.07) is 21.6. The number of para-hydroxylation sites is 1. The molecule has 24 heavy (non-hydrogen) atoms. The third-order valence-electron chi connectivity index (χ3n) is 3.96. The fourth-order valence-corrected chi connectivity index (χ4v) is 2.73. The summed E-state index contributed by atoms with van der Waals surface area (Å²) in [6.45, 7) is 2.16. The first-order chi connectivity index (χ1) is 11.7. The molecule has 0 saturated carbocycles. The Balaban J connectivity index is 1.95. The van der Waals surface area contributed by atoms with Gasteiger partial charge in [-0.15, -0.1) is 0 Å². The first-order valence-electron chi connectivity index (χ1n) is 8.18. The number of anilines is 2. The second kappa shape index (κ2) is 7.09. The van der Waals surface area contributed by atoms with Crippen molar-refractivity contribution in [3.8, 4) is 22.6 Å². The molecule has 0 atom stereocenters. The number of benzene rings is 3. The molecule has 0 aliphatic rings. The van der Waals surface area contributed by atoms with Crippen molar-refractivity contribution in [1.82, 2.24) is 0 Å². The minimum atomic E-state index is 0.728. The summed E-state index contributed by atoms with van der Waals surface area (Å²) in [6.07, 6.45) is 2.00. The van der Waals surface area contributed by atoms with Crippen molar-refractivity contribution < 1.29 is 4.74 Å². The monoisotopic (exact) mass is 318 g/mol. The molecule has 0 unspecified atom stereocenters. The third kappa shape index (κ3) is 3.51. The van der Waals surface area contributed by atoms with Gasteiger partial charge in [-0.25, -0.2) is 0 Å². The molecule has 3 nitrogen and oxygen atoms in total. The zero-order valence-electron chi connectivity index (χ0n) is 13.8. The predicted octanol–water partition coefficient (Wildman–Crippen LogP) is 5.26. The number of nitrogens with two attached hydrogens (primary N) is 2. The Morgan fingerprint density at radius 1 is 0.875 bits per heavy atom. The summed E-state index contributed by atoms with van der Waals surface area (Å²) in [5.41, 5.74) is 16.7. The minimum absolute atomic E-state index is 0.728. The van der Waals surface area contributed by atoms with Crippen molar-refractivity contribution in [1.29, 1.82) is 0 Å². The molecule has 122 valence electrons. The number of hydrogen-bond acceptors (Lipinski definition) is 3. The van der Waals surface area contributed by atoms with Gasteiger partial charge in [0.25, 0.3) is 0 Å². The van der Waals surface area contributed by atoms with E-state index < -0.39 is 0 Å². The van der Waals surface area contributed by atoms with Crippen LogP contribution in [0.1, 0.15) is 18.9 Å². The lowest BCUT2D eigenvalue weighted by atomic mass is 9.99. The molecule has 0 aliphatic heterocycles. The minimum Gasteiger partial charge on any atom is -0.457 e. The number of hydrogen-bond donors (Lipinski definition) is 2. The molecule has 0 saturated heterocycles. The van der Waals surface area contributed by atoms with Crippen molar-refractivity contribution in [2.24, 2.45) is 0 Å². The Kier molecular flexibility index (Phi) is 4.71. The molecule has 0 fully saturated rings. The SMILES string of the molecule is CCCc1cc(-c2ccccc2N)ccc1Oc1ccc(N)cc1. The normalized spacial score (nSPS) is 10.5. The van der Waals surface area contributed by atoms with Crippen LogP contribution in [0.3, 0.4) is 0 Å². The highest BCUT2D eigenvalue weighted by molar-refractivity contribution is 5.77. The maximum atomic E-state index is 6.11. The average molecular weight is 318 g/mol. The van der Waals surface area contributed by atoms with Gasteiger partial charge in [-0.3, -0.25) is 0 Å². The highest BCUT2D eigenvalue weighted by atomic mass is 16.5. The van der Waals surface area contributed by atoms with Crippen LogP contribution >= 0.6 is 0 Å². The smallest absolute Gasteiger partial charge is 0.130 e. The molecule has 3 aromatic carbocycles. The Morgan fingerprint density at radius 3 is 2.33 bits per heavy atom. The molecule has 0 aliphatic carbocycles. The molecule has 3 aromatic rings. The lowest BCUT2D eigenvalue weighted by Crippen LogP contribution is -1.95. The van der Waals surface area contributed by atoms with Crippen LogP contribution in [0.5, 0.6) is 11.5 Å². The van der Waals surface area contributed by atoms with Crippen LogP contribution in [0.15, 0.2) is 66.7 Å². The molecular weight excluding hydrogens is 296 g/mol. The van der Waals surface area contributed by atoms with Crippen LogP contribution < -0.4 is 16.2 Å². The highest BCUT2D eigenvalue weighted by Gasteiger charge is 2.09. The molecule has 3 rings (SSSR count). The Bertz CT molecular complexity index is 825. The second-order valence-electron chi connectivity index (χ2n) is 5.83. The van der Waals surface area contributed by atoms with Crippen LogP contribution in [0.4, 0.5) is 11.4 Å². The van der Waals surface area contributed by atoms with E-state index in [1.807, 2.05) is 54.6 Å². The lowest BCUT2D eigenvalue weighted by molar-refractivity contribution is 0.476. The number of aryl methyl sites for hydroxylation is 1. The molecule has 4 N–H and O–H groups in total. The number of ether oxygens (including phenoxy) is 1. The van der Waals surface area contributed by atoms with Gasteiger partial charge in [-0.05, 0) is 60.0 Å².